The lowest BCUT2D eigenvalue weighted by atomic mass is 10.1. The summed E-state index contributed by atoms with van der Waals surface area (Å²) in [5, 5.41) is 41.3. The molecule has 11 nitrogen and oxygen atoms in total. The van der Waals surface area contributed by atoms with Crippen molar-refractivity contribution >= 4 is 33.5 Å². The maximum Gasteiger partial charge on any atom is 0.490 e. The zero-order valence-corrected chi connectivity index (χ0v) is 23.9. The number of ether oxygens (including phenoxy) is 1. The highest BCUT2D eigenvalue weighted by Gasteiger charge is 2.38. The van der Waals surface area contributed by atoms with E-state index in [1.165, 1.54) is 17.2 Å². The van der Waals surface area contributed by atoms with E-state index < -0.39 is 30.4 Å². The van der Waals surface area contributed by atoms with Gasteiger partial charge in [0.2, 0.25) is 0 Å². The minimum absolute atomic E-state index is 0.0148. The average molecular weight is 660 g/mol. The number of carboxylic acid groups (broad SMARTS) is 2. The number of rotatable bonds is 12. The van der Waals surface area contributed by atoms with Crippen molar-refractivity contribution in [1.82, 2.24) is 15.6 Å². The Hall–Kier alpha value is -3.71. The van der Waals surface area contributed by atoms with Crippen molar-refractivity contribution in [3.8, 4) is 5.75 Å². The van der Waals surface area contributed by atoms with Crippen LogP contribution in [-0.4, -0.2) is 89.6 Å². The van der Waals surface area contributed by atoms with Crippen molar-refractivity contribution in [3.05, 3.63) is 62.8 Å². The number of aliphatic hydroxyl groups is 1. The first kappa shape index (κ1) is 38.3. The summed E-state index contributed by atoms with van der Waals surface area (Å²) >= 11 is 0.999. The second-order valence-corrected chi connectivity index (χ2v) is 9.76. The van der Waals surface area contributed by atoms with Crippen LogP contribution in [0, 0.1) is 0 Å². The number of aromatic amines is 1. The standard InChI is InChI=1S/C22H29N3O4S.2C2HF3O2/c1-29-12-11-23-9-7-15-3-2-4-16(13-15)8-10-24-14-19(27)17-5-6-18(26)20-21(17)30-22(28)25-20;2*3-2(4,5)1(6)7/h2-6,13,19,23-24,26-27H,7-12,14H2,1H3,(H,25,28);2*(H,6,7)/t19-;;/m0../s1. The molecular formula is C26H31F6N3O8S. The van der Waals surface area contributed by atoms with Crippen LogP contribution in [-0.2, 0) is 27.2 Å². The maximum atomic E-state index is 11.6. The molecule has 3 aromatic rings. The Kier molecular flexibility index (Phi) is 15.8. The number of hydrogen-bond acceptors (Lipinski definition) is 9. The average Bonchev–Trinajstić information content (AvgIpc) is 3.33. The van der Waals surface area contributed by atoms with Gasteiger partial charge in [0, 0.05) is 25.8 Å². The molecule has 0 unspecified atom stereocenters. The van der Waals surface area contributed by atoms with Gasteiger partial charge in [-0.2, -0.15) is 26.3 Å². The Balaban J connectivity index is 0.000000574. The summed E-state index contributed by atoms with van der Waals surface area (Å²) in [5.74, 6) is -5.50. The second-order valence-electron chi connectivity index (χ2n) is 8.78. The van der Waals surface area contributed by atoms with Gasteiger partial charge in [0.15, 0.2) is 0 Å². The highest BCUT2D eigenvalue weighted by molar-refractivity contribution is 7.16. The van der Waals surface area contributed by atoms with Crippen molar-refractivity contribution in [2.75, 3.05) is 39.9 Å². The van der Waals surface area contributed by atoms with Gasteiger partial charge in [-0.25, -0.2) is 9.59 Å². The number of hydrogen-bond donors (Lipinski definition) is 7. The number of methoxy groups -OCH3 is 1. The number of aromatic nitrogens is 1. The number of H-pyrrole nitrogens is 1. The van der Waals surface area contributed by atoms with Crippen molar-refractivity contribution in [3.63, 3.8) is 0 Å². The molecule has 1 heterocycles. The van der Waals surface area contributed by atoms with Crippen molar-refractivity contribution in [2.45, 2.75) is 31.3 Å². The molecule has 1 aromatic heterocycles. The predicted octanol–water partition coefficient (Wildman–Crippen LogP) is 3.21. The molecule has 18 heteroatoms. The lowest BCUT2D eigenvalue weighted by Gasteiger charge is -2.13. The molecule has 246 valence electrons. The topological polar surface area (TPSA) is 181 Å². The molecule has 2 aromatic carbocycles. The predicted molar refractivity (Wildman–Crippen MR) is 148 cm³/mol. The van der Waals surface area contributed by atoms with Crippen LogP contribution in [0.25, 0.3) is 10.2 Å². The van der Waals surface area contributed by atoms with Crippen LogP contribution < -0.4 is 15.5 Å². The van der Waals surface area contributed by atoms with Crippen LogP contribution in [0.4, 0.5) is 26.3 Å². The van der Waals surface area contributed by atoms with E-state index >= 15 is 0 Å². The molecule has 0 amide bonds. The van der Waals surface area contributed by atoms with Gasteiger partial charge in [-0.15, -0.1) is 0 Å². The fourth-order valence-electron chi connectivity index (χ4n) is 3.36. The largest absolute Gasteiger partial charge is 0.506 e. The summed E-state index contributed by atoms with van der Waals surface area (Å²) in [5.41, 5.74) is 3.57. The van der Waals surface area contributed by atoms with Gasteiger partial charge in [-0.1, -0.05) is 41.7 Å². The van der Waals surface area contributed by atoms with Gasteiger partial charge in [0.25, 0.3) is 0 Å². The molecule has 0 bridgehead atoms. The van der Waals surface area contributed by atoms with Crippen LogP contribution >= 0.6 is 11.3 Å². The number of halogens is 6. The Morgan fingerprint density at radius 1 is 0.932 bits per heavy atom. The SMILES string of the molecule is COCCNCCc1cccc(CCNC[C@H](O)c2ccc(O)c3[nH]c(=O)sc23)c1.O=C(O)C(F)(F)F.O=C(O)C(F)(F)F. The van der Waals surface area contributed by atoms with Crippen LogP contribution in [0.2, 0.25) is 0 Å². The van der Waals surface area contributed by atoms with Gasteiger partial charge >= 0.3 is 29.2 Å². The Bertz CT molecular complexity index is 1370. The maximum absolute atomic E-state index is 11.6. The fourth-order valence-corrected chi connectivity index (χ4v) is 4.27. The normalized spacial score (nSPS) is 12.1. The molecule has 0 spiro atoms. The first-order chi connectivity index (χ1) is 20.5. The van der Waals surface area contributed by atoms with E-state index in [-0.39, 0.29) is 10.6 Å². The van der Waals surface area contributed by atoms with E-state index in [1.807, 2.05) is 0 Å². The van der Waals surface area contributed by atoms with Gasteiger partial charge in [0.1, 0.15) is 11.3 Å². The first-order valence-corrected chi connectivity index (χ1v) is 13.4. The minimum atomic E-state index is -5.08. The molecule has 0 aliphatic carbocycles. The second kappa shape index (κ2) is 18.2. The van der Waals surface area contributed by atoms with E-state index in [0.717, 1.165) is 50.4 Å². The highest BCUT2D eigenvalue weighted by Crippen LogP contribution is 2.31. The molecule has 0 saturated carbocycles. The summed E-state index contributed by atoms with van der Waals surface area (Å²) in [6.45, 7) is 3.60. The number of aliphatic carboxylic acids is 2. The lowest BCUT2D eigenvalue weighted by Crippen LogP contribution is -2.24. The zero-order chi connectivity index (χ0) is 33.5. The lowest BCUT2D eigenvalue weighted by molar-refractivity contribution is -0.193. The van der Waals surface area contributed by atoms with Gasteiger partial charge in [0.05, 0.1) is 17.4 Å². The molecule has 0 radical (unpaired) electrons. The number of phenols is 1. The minimum Gasteiger partial charge on any atom is -0.506 e. The number of aromatic hydroxyl groups is 1. The number of carboxylic acids is 2. The van der Waals surface area contributed by atoms with E-state index in [1.54, 1.807) is 13.2 Å². The number of carbonyl (C=O) groups is 2. The Labute approximate surface area is 250 Å². The van der Waals surface area contributed by atoms with Gasteiger partial charge < -0.3 is 40.8 Å². The number of thiazole rings is 1. The molecule has 44 heavy (non-hydrogen) atoms. The molecule has 0 fully saturated rings. The number of benzene rings is 2. The molecule has 1 atom stereocenters. The summed E-state index contributed by atoms with van der Waals surface area (Å²) < 4.78 is 69.1. The molecule has 0 aliphatic rings. The van der Waals surface area contributed by atoms with E-state index in [4.69, 9.17) is 24.5 Å². The molecular weight excluding hydrogens is 628 g/mol. The van der Waals surface area contributed by atoms with Crippen LogP contribution in [0.15, 0.2) is 41.2 Å². The summed E-state index contributed by atoms with van der Waals surface area (Å²) in [6.07, 6.45) is -9.09. The number of phenolic OH excluding ortho intramolecular Hbond substituents is 1. The van der Waals surface area contributed by atoms with Crippen LogP contribution in [0.3, 0.4) is 0 Å². The van der Waals surface area contributed by atoms with E-state index in [2.05, 4.69) is 39.9 Å². The third kappa shape index (κ3) is 14.2. The number of aliphatic hydroxyl groups excluding tert-OH is 1. The van der Waals surface area contributed by atoms with Gasteiger partial charge in [-0.3, -0.25) is 4.79 Å². The zero-order valence-electron chi connectivity index (χ0n) is 23.1. The van der Waals surface area contributed by atoms with Crippen LogP contribution in [0.5, 0.6) is 5.75 Å². The van der Waals surface area contributed by atoms with Crippen molar-refractivity contribution in [2.24, 2.45) is 0 Å². The summed E-state index contributed by atoms with van der Waals surface area (Å²) in [7, 11) is 1.70. The van der Waals surface area contributed by atoms with E-state index in [9.17, 15) is 41.4 Å². The number of fused-ring (bicyclic) bond motifs is 1. The molecule has 0 aliphatic heterocycles. The third-order valence-electron chi connectivity index (χ3n) is 5.42. The first-order valence-electron chi connectivity index (χ1n) is 12.6. The molecule has 3 rings (SSSR count). The number of nitrogens with one attached hydrogen (secondary N) is 3. The number of alkyl halides is 6. The van der Waals surface area contributed by atoms with Gasteiger partial charge in [-0.05, 0) is 43.1 Å². The van der Waals surface area contributed by atoms with Crippen LogP contribution in [0.1, 0.15) is 22.8 Å². The highest BCUT2D eigenvalue weighted by atomic mass is 32.1. The smallest absolute Gasteiger partial charge is 0.490 e. The van der Waals surface area contributed by atoms with Crippen molar-refractivity contribution < 1.29 is 61.1 Å². The quantitative estimate of drug-likeness (QED) is 0.113. The van der Waals surface area contributed by atoms with Crippen molar-refractivity contribution in [1.29, 1.82) is 0 Å². The molecule has 0 saturated heterocycles. The summed E-state index contributed by atoms with van der Waals surface area (Å²) in [4.78, 5) is 31.8. The molecule has 7 N–H and O–H groups in total. The monoisotopic (exact) mass is 659 g/mol. The van der Waals surface area contributed by atoms with E-state index in [0.29, 0.717) is 22.3 Å². The third-order valence-corrected chi connectivity index (χ3v) is 6.36. The fraction of sp³-hybridized carbons (Fsp3) is 0.423. The summed E-state index contributed by atoms with van der Waals surface area (Å²) in [6, 6.07) is 11.7. The Morgan fingerprint density at radius 2 is 1.45 bits per heavy atom. The Morgan fingerprint density at radius 3 is 1.95 bits per heavy atom.